The van der Waals surface area contributed by atoms with E-state index >= 15 is 0 Å². The van der Waals surface area contributed by atoms with Crippen molar-refractivity contribution in [3.63, 3.8) is 0 Å². The van der Waals surface area contributed by atoms with E-state index in [1.54, 1.807) is 12.4 Å². The molecular weight excluding hydrogens is 188 g/mol. The molecule has 0 amide bonds. The number of aromatic nitrogens is 4. The second-order valence-corrected chi connectivity index (χ2v) is 3.08. The van der Waals surface area contributed by atoms with Gasteiger partial charge in [0.2, 0.25) is 0 Å². The Balaban J connectivity index is 2.41. The predicted octanol–water partition coefficient (Wildman–Crippen LogP) is 1.95. The summed E-state index contributed by atoms with van der Waals surface area (Å²) >= 11 is 5.90. The van der Waals surface area contributed by atoms with Crippen LogP contribution in [0, 0.1) is 0 Å². The van der Waals surface area contributed by atoms with Crippen molar-refractivity contribution in [2.75, 3.05) is 0 Å². The second-order valence-electron chi connectivity index (χ2n) is 2.68. The smallest absolute Gasteiger partial charge is 0.0868 e. The molecule has 0 atom stereocenters. The molecule has 13 heavy (non-hydrogen) atoms. The number of aryl methyl sites for hydroxylation is 1. The van der Waals surface area contributed by atoms with Crippen molar-refractivity contribution >= 4 is 11.6 Å². The van der Waals surface area contributed by atoms with Crippen LogP contribution in [-0.2, 0) is 6.54 Å². The fraction of sp³-hybridized carbons (Fsp3) is 0.250. The van der Waals surface area contributed by atoms with Gasteiger partial charge in [0.05, 0.1) is 23.1 Å². The zero-order valence-electron chi connectivity index (χ0n) is 7.16. The van der Waals surface area contributed by atoms with Crippen molar-refractivity contribution in [3.05, 3.63) is 23.6 Å². The fourth-order valence-electron chi connectivity index (χ4n) is 1.14. The highest BCUT2D eigenvalue weighted by atomic mass is 35.5. The zero-order valence-corrected chi connectivity index (χ0v) is 7.91. The molecule has 68 valence electrons. The maximum atomic E-state index is 5.90. The SMILES string of the molecule is CCn1cc(-c2[nH]ncc2Cl)cn1. The lowest BCUT2D eigenvalue weighted by Crippen LogP contribution is -1.91. The molecule has 5 heteroatoms. The first kappa shape index (κ1) is 8.31. The summed E-state index contributed by atoms with van der Waals surface area (Å²) in [5.41, 5.74) is 1.78. The van der Waals surface area contributed by atoms with Crippen LogP contribution in [0.25, 0.3) is 11.3 Å². The Morgan fingerprint density at radius 3 is 2.92 bits per heavy atom. The van der Waals surface area contributed by atoms with E-state index in [4.69, 9.17) is 11.6 Å². The fourth-order valence-corrected chi connectivity index (χ4v) is 1.34. The number of aromatic amines is 1. The van der Waals surface area contributed by atoms with E-state index in [0.29, 0.717) is 5.02 Å². The zero-order chi connectivity index (χ0) is 9.26. The Labute approximate surface area is 80.5 Å². The van der Waals surface area contributed by atoms with E-state index in [1.807, 2.05) is 17.8 Å². The van der Waals surface area contributed by atoms with Crippen LogP contribution in [0.15, 0.2) is 18.6 Å². The lowest BCUT2D eigenvalue weighted by Gasteiger charge is -1.92. The van der Waals surface area contributed by atoms with Crippen molar-refractivity contribution < 1.29 is 0 Å². The standard InChI is InChI=1S/C8H9ClN4/c1-2-13-5-6(3-11-13)8-7(9)4-10-12-8/h3-5H,2H2,1H3,(H,10,12). The third-order valence-corrected chi connectivity index (χ3v) is 2.13. The average molecular weight is 197 g/mol. The summed E-state index contributed by atoms with van der Waals surface area (Å²) in [6.45, 7) is 2.89. The first-order valence-electron chi connectivity index (χ1n) is 4.03. The van der Waals surface area contributed by atoms with Crippen molar-refractivity contribution in [1.29, 1.82) is 0 Å². The summed E-state index contributed by atoms with van der Waals surface area (Å²) in [6, 6.07) is 0. The summed E-state index contributed by atoms with van der Waals surface area (Å²) in [4.78, 5) is 0. The van der Waals surface area contributed by atoms with Crippen LogP contribution in [0.4, 0.5) is 0 Å². The van der Waals surface area contributed by atoms with Crippen molar-refractivity contribution in [2.45, 2.75) is 13.5 Å². The van der Waals surface area contributed by atoms with Crippen molar-refractivity contribution in [3.8, 4) is 11.3 Å². The van der Waals surface area contributed by atoms with Gasteiger partial charge in [-0.2, -0.15) is 10.2 Å². The molecule has 0 spiro atoms. The van der Waals surface area contributed by atoms with Gasteiger partial charge in [-0.15, -0.1) is 0 Å². The summed E-state index contributed by atoms with van der Waals surface area (Å²) < 4.78 is 1.84. The molecular formula is C8H9ClN4. The molecule has 2 aromatic heterocycles. The van der Waals surface area contributed by atoms with E-state index in [1.165, 1.54) is 0 Å². The van der Waals surface area contributed by atoms with Crippen molar-refractivity contribution in [2.24, 2.45) is 0 Å². The second kappa shape index (κ2) is 3.22. The molecule has 0 aliphatic rings. The Morgan fingerprint density at radius 1 is 1.54 bits per heavy atom. The number of nitrogens with zero attached hydrogens (tertiary/aromatic N) is 3. The van der Waals surface area contributed by atoms with Gasteiger partial charge in [-0.1, -0.05) is 11.6 Å². The molecule has 2 rings (SSSR count). The van der Waals surface area contributed by atoms with Crippen LogP contribution in [0.2, 0.25) is 5.02 Å². The van der Waals surface area contributed by atoms with Gasteiger partial charge in [0.1, 0.15) is 0 Å². The highest BCUT2D eigenvalue weighted by Gasteiger charge is 2.06. The minimum absolute atomic E-state index is 0.621. The van der Waals surface area contributed by atoms with Crippen LogP contribution >= 0.6 is 11.6 Å². The van der Waals surface area contributed by atoms with Gasteiger partial charge < -0.3 is 0 Å². The first-order valence-corrected chi connectivity index (χ1v) is 4.40. The van der Waals surface area contributed by atoms with Crippen LogP contribution < -0.4 is 0 Å². The summed E-state index contributed by atoms with van der Waals surface area (Å²) in [5, 5.41) is 11.4. The molecule has 0 aliphatic carbocycles. The molecule has 2 heterocycles. The number of hydrogen-bond acceptors (Lipinski definition) is 2. The summed E-state index contributed by atoms with van der Waals surface area (Å²) in [6.07, 6.45) is 5.28. The number of hydrogen-bond donors (Lipinski definition) is 1. The van der Waals surface area contributed by atoms with Gasteiger partial charge in [0.25, 0.3) is 0 Å². The quantitative estimate of drug-likeness (QED) is 0.798. The van der Waals surface area contributed by atoms with Crippen LogP contribution in [0.3, 0.4) is 0 Å². The number of nitrogens with one attached hydrogen (secondary N) is 1. The molecule has 0 saturated heterocycles. The van der Waals surface area contributed by atoms with Crippen LogP contribution in [-0.4, -0.2) is 20.0 Å². The third-order valence-electron chi connectivity index (χ3n) is 1.84. The highest BCUT2D eigenvalue weighted by molar-refractivity contribution is 6.32. The van der Waals surface area contributed by atoms with Crippen LogP contribution in [0.5, 0.6) is 0 Å². The van der Waals surface area contributed by atoms with E-state index < -0.39 is 0 Å². The van der Waals surface area contributed by atoms with Gasteiger partial charge >= 0.3 is 0 Å². The molecule has 0 unspecified atom stereocenters. The van der Waals surface area contributed by atoms with Crippen LogP contribution in [0.1, 0.15) is 6.92 Å². The number of halogens is 1. The monoisotopic (exact) mass is 196 g/mol. The van der Waals surface area contributed by atoms with E-state index in [2.05, 4.69) is 15.3 Å². The Hall–Kier alpha value is -1.29. The lowest BCUT2D eigenvalue weighted by atomic mass is 10.3. The minimum atomic E-state index is 0.621. The van der Waals surface area contributed by atoms with Gasteiger partial charge in [-0.05, 0) is 6.92 Å². The topological polar surface area (TPSA) is 46.5 Å². The van der Waals surface area contributed by atoms with Crippen molar-refractivity contribution in [1.82, 2.24) is 20.0 Å². The lowest BCUT2D eigenvalue weighted by molar-refractivity contribution is 0.660. The van der Waals surface area contributed by atoms with E-state index in [9.17, 15) is 0 Å². The summed E-state index contributed by atoms with van der Waals surface area (Å²) in [5.74, 6) is 0. The average Bonchev–Trinajstić information content (AvgIpc) is 2.71. The Morgan fingerprint density at radius 2 is 2.38 bits per heavy atom. The third kappa shape index (κ3) is 1.45. The molecule has 0 aliphatic heterocycles. The normalized spacial score (nSPS) is 10.6. The first-order chi connectivity index (χ1) is 6.31. The van der Waals surface area contributed by atoms with Gasteiger partial charge in [-0.3, -0.25) is 9.78 Å². The van der Waals surface area contributed by atoms with Gasteiger partial charge in [0.15, 0.2) is 0 Å². The molecule has 0 fully saturated rings. The maximum Gasteiger partial charge on any atom is 0.0868 e. The van der Waals surface area contributed by atoms with Gasteiger partial charge in [-0.25, -0.2) is 0 Å². The predicted molar refractivity (Wildman–Crippen MR) is 50.5 cm³/mol. The number of rotatable bonds is 2. The molecule has 0 aromatic carbocycles. The minimum Gasteiger partial charge on any atom is -0.276 e. The van der Waals surface area contributed by atoms with E-state index in [-0.39, 0.29) is 0 Å². The number of H-pyrrole nitrogens is 1. The molecule has 0 saturated carbocycles. The largest absolute Gasteiger partial charge is 0.276 e. The summed E-state index contributed by atoms with van der Waals surface area (Å²) in [7, 11) is 0. The van der Waals surface area contributed by atoms with Gasteiger partial charge in [0, 0.05) is 18.3 Å². The molecule has 2 aromatic rings. The molecule has 0 radical (unpaired) electrons. The molecule has 4 nitrogen and oxygen atoms in total. The maximum absolute atomic E-state index is 5.90. The van der Waals surface area contributed by atoms with E-state index in [0.717, 1.165) is 17.8 Å². The Kier molecular flexibility index (Phi) is 2.06. The molecule has 1 N–H and O–H groups in total. The Bertz CT molecular complexity index is 404. The highest BCUT2D eigenvalue weighted by Crippen LogP contribution is 2.23. The molecule has 0 bridgehead atoms.